The van der Waals surface area contributed by atoms with Gasteiger partial charge < -0.3 is 19.7 Å². The smallest absolute Gasteiger partial charge is 0.231 e. The number of benzene rings is 1. The summed E-state index contributed by atoms with van der Waals surface area (Å²) in [5.74, 6) is -0.180. The van der Waals surface area contributed by atoms with E-state index in [0.29, 0.717) is 31.9 Å². The van der Waals surface area contributed by atoms with Gasteiger partial charge in [0, 0.05) is 19.2 Å². The second-order valence-corrected chi connectivity index (χ2v) is 6.60. The van der Waals surface area contributed by atoms with Crippen molar-refractivity contribution >= 4 is 5.91 Å². The maximum absolute atomic E-state index is 14.0. The highest BCUT2D eigenvalue weighted by atomic mass is 19.1. The minimum absolute atomic E-state index is 0.107. The molecule has 0 aromatic heterocycles. The number of morpholine rings is 1. The molecule has 0 bridgehead atoms. The van der Waals surface area contributed by atoms with E-state index < -0.39 is 11.5 Å². The van der Waals surface area contributed by atoms with Gasteiger partial charge in [-0.25, -0.2) is 4.39 Å². The molecule has 1 aromatic carbocycles. The Balaban J connectivity index is 1.76. The lowest BCUT2D eigenvalue weighted by Crippen LogP contribution is -2.54. The number of ether oxygens (including phenoxy) is 2. The highest BCUT2D eigenvalue weighted by molar-refractivity contribution is 5.83. The van der Waals surface area contributed by atoms with E-state index in [2.05, 4.69) is 5.32 Å². The number of nitrogens with zero attached hydrogens (tertiary/aromatic N) is 1. The van der Waals surface area contributed by atoms with Gasteiger partial charge >= 0.3 is 0 Å². The van der Waals surface area contributed by atoms with Crippen molar-refractivity contribution < 1.29 is 18.7 Å². The van der Waals surface area contributed by atoms with E-state index in [1.807, 2.05) is 4.90 Å². The van der Waals surface area contributed by atoms with E-state index in [1.165, 1.54) is 6.07 Å². The van der Waals surface area contributed by atoms with Crippen LogP contribution >= 0.6 is 0 Å². The first-order valence-corrected chi connectivity index (χ1v) is 8.51. The van der Waals surface area contributed by atoms with Crippen molar-refractivity contribution in [2.24, 2.45) is 5.41 Å². The number of nitrogens with one attached hydrogen (secondary N) is 1. The Labute approximate surface area is 142 Å². The van der Waals surface area contributed by atoms with E-state index in [0.717, 1.165) is 25.9 Å². The summed E-state index contributed by atoms with van der Waals surface area (Å²) in [5.41, 5.74) is 0.0398. The predicted molar refractivity (Wildman–Crippen MR) is 88.1 cm³/mol. The molecule has 2 aliphatic heterocycles. The summed E-state index contributed by atoms with van der Waals surface area (Å²) in [6.45, 7) is 3.41. The molecule has 0 spiro atoms. The average Bonchev–Trinajstić information content (AvgIpc) is 2.62. The lowest BCUT2D eigenvalue weighted by molar-refractivity contribution is -0.155. The topological polar surface area (TPSA) is 50.8 Å². The minimum atomic E-state index is -0.475. The molecule has 0 aliphatic carbocycles. The molecule has 2 heterocycles. The molecule has 2 saturated heterocycles. The van der Waals surface area contributed by atoms with Gasteiger partial charge in [-0.2, -0.15) is 0 Å². The molecule has 132 valence electrons. The van der Waals surface area contributed by atoms with Crippen molar-refractivity contribution in [2.45, 2.75) is 18.9 Å². The molecule has 1 unspecified atom stereocenters. The summed E-state index contributed by atoms with van der Waals surface area (Å²) in [4.78, 5) is 15.0. The first-order chi connectivity index (χ1) is 11.7. The fourth-order valence-corrected chi connectivity index (χ4v) is 3.70. The number of carbonyl (C=O) groups is 1. The molecular formula is C18H25FN2O3. The Bertz CT molecular complexity index is 570. The Kier molecular flexibility index (Phi) is 5.48. The van der Waals surface area contributed by atoms with Gasteiger partial charge in [0.1, 0.15) is 11.9 Å². The van der Waals surface area contributed by atoms with Crippen molar-refractivity contribution in [1.29, 1.82) is 0 Å². The summed E-state index contributed by atoms with van der Waals surface area (Å²) in [5, 5.41) is 3.30. The van der Waals surface area contributed by atoms with Crippen LogP contribution < -0.4 is 5.32 Å². The summed E-state index contributed by atoms with van der Waals surface area (Å²) in [6, 6.07) is 6.61. The number of methoxy groups -OCH3 is 1. The lowest BCUT2D eigenvalue weighted by atomic mass is 9.78. The largest absolute Gasteiger partial charge is 0.384 e. The van der Waals surface area contributed by atoms with Crippen molar-refractivity contribution in [2.75, 3.05) is 46.5 Å². The molecule has 5 nitrogen and oxygen atoms in total. The van der Waals surface area contributed by atoms with Gasteiger partial charge in [0.2, 0.25) is 5.91 Å². The highest BCUT2D eigenvalue weighted by Crippen LogP contribution is 2.34. The summed E-state index contributed by atoms with van der Waals surface area (Å²) in [7, 11) is 1.64. The third-order valence-electron chi connectivity index (χ3n) is 5.04. The van der Waals surface area contributed by atoms with Crippen molar-refractivity contribution in [1.82, 2.24) is 10.2 Å². The SMILES string of the molecule is COCC1(C(=O)N2CCOC(c3ccccc3F)C2)CCNCC1. The molecule has 1 aromatic rings. The fraction of sp³-hybridized carbons (Fsp3) is 0.611. The predicted octanol–water partition coefficient (Wildman–Crippen LogP) is 1.74. The molecule has 0 radical (unpaired) electrons. The lowest BCUT2D eigenvalue weighted by Gasteiger charge is -2.42. The Morgan fingerprint density at radius 2 is 2.17 bits per heavy atom. The average molecular weight is 336 g/mol. The maximum Gasteiger partial charge on any atom is 0.231 e. The van der Waals surface area contributed by atoms with Gasteiger partial charge in [0.25, 0.3) is 0 Å². The maximum atomic E-state index is 14.0. The first kappa shape index (κ1) is 17.3. The standard InChI is InChI=1S/C18H25FN2O3/c1-23-13-18(6-8-20-9-7-18)17(22)21-10-11-24-16(12-21)14-4-2-3-5-15(14)19/h2-5,16,20H,6-13H2,1H3. The van der Waals surface area contributed by atoms with Crippen LogP contribution in [0.1, 0.15) is 24.5 Å². The minimum Gasteiger partial charge on any atom is -0.384 e. The number of hydrogen-bond donors (Lipinski definition) is 1. The highest BCUT2D eigenvalue weighted by Gasteiger charge is 2.43. The van der Waals surface area contributed by atoms with Gasteiger partial charge in [-0.3, -0.25) is 4.79 Å². The van der Waals surface area contributed by atoms with Crippen LogP contribution in [0.4, 0.5) is 4.39 Å². The fourth-order valence-electron chi connectivity index (χ4n) is 3.70. The zero-order chi connectivity index (χ0) is 17.0. The van der Waals surface area contributed by atoms with E-state index in [1.54, 1.807) is 25.3 Å². The zero-order valence-electron chi connectivity index (χ0n) is 14.1. The normalized spacial score (nSPS) is 23.9. The number of amides is 1. The van der Waals surface area contributed by atoms with Crippen LogP contribution in [0.5, 0.6) is 0 Å². The van der Waals surface area contributed by atoms with E-state index in [-0.39, 0.29) is 11.7 Å². The van der Waals surface area contributed by atoms with Crippen molar-refractivity contribution in [3.63, 3.8) is 0 Å². The van der Waals surface area contributed by atoms with Gasteiger partial charge in [0.15, 0.2) is 0 Å². The van der Waals surface area contributed by atoms with Gasteiger partial charge in [-0.05, 0) is 32.0 Å². The number of hydrogen-bond acceptors (Lipinski definition) is 4. The summed E-state index contributed by atoms with van der Waals surface area (Å²) < 4.78 is 25.1. The molecule has 0 saturated carbocycles. The molecule has 1 N–H and O–H groups in total. The van der Waals surface area contributed by atoms with Crippen LogP contribution in [-0.4, -0.2) is 57.3 Å². The second-order valence-electron chi connectivity index (χ2n) is 6.60. The number of carbonyl (C=O) groups excluding carboxylic acids is 1. The monoisotopic (exact) mass is 336 g/mol. The molecule has 3 rings (SSSR count). The molecule has 1 amide bonds. The quantitative estimate of drug-likeness (QED) is 0.910. The molecule has 2 fully saturated rings. The molecular weight excluding hydrogens is 311 g/mol. The van der Waals surface area contributed by atoms with Crippen LogP contribution in [0.25, 0.3) is 0 Å². The van der Waals surface area contributed by atoms with E-state index in [4.69, 9.17) is 9.47 Å². The van der Waals surface area contributed by atoms with Gasteiger partial charge in [-0.15, -0.1) is 0 Å². The summed E-state index contributed by atoms with van der Waals surface area (Å²) in [6.07, 6.45) is 1.12. The van der Waals surface area contributed by atoms with E-state index >= 15 is 0 Å². The third-order valence-corrected chi connectivity index (χ3v) is 5.04. The third kappa shape index (κ3) is 3.45. The van der Waals surface area contributed by atoms with Crippen LogP contribution in [0.3, 0.4) is 0 Å². The van der Waals surface area contributed by atoms with Crippen LogP contribution in [-0.2, 0) is 14.3 Å². The Hall–Kier alpha value is -1.50. The van der Waals surface area contributed by atoms with Crippen molar-refractivity contribution in [3.05, 3.63) is 35.6 Å². The number of halogens is 1. The van der Waals surface area contributed by atoms with Crippen LogP contribution in [0.15, 0.2) is 24.3 Å². The number of rotatable bonds is 4. The Morgan fingerprint density at radius 3 is 2.88 bits per heavy atom. The van der Waals surface area contributed by atoms with Gasteiger partial charge in [0.05, 0.1) is 25.2 Å². The van der Waals surface area contributed by atoms with Crippen LogP contribution in [0.2, 0.25) is 0 Å². The van der Waals surface area contributed by atoms with Gasteiger partial charge in [-0.1, -0.05) is 18.2 Å². The molecule has 1 atom stereocenters. The second kappa shape index (κ2) is 7.59. The Morgan fingerprint density at radius 1 is 1.42 bits per heavy atom. The van der Waals surface area contributed by atoms with Crippen LogP contribution in [0, 0.1) is 11.2 Å². The van der Waals surface area contributed by atoms with E-state index in [9.17, 15) is 9.18 Å². The first-order valence-electron chi connectivity index (χ1n) is 8.51. The molecule has 24 heavy (non-hydrogen) atoms. The van der Waals surface area contributed by atoms with Crippen molar-refractivity contribution in [3.8, 4) is 0 Å². The molecule has 6 heteroatoms. The summed E-state index contributed by atoms with van der Waals surface area (Å²) >= 11 is 0. The zero-order valence-corrected chi connectivity index (χ0v) is 14.1. The number of piperidine rings is 1. The molecule has 2 aliphatic rings.